The molecule has 1 fully saturated rings. The van der Waals surface area contributed by atoms with Crippen LogP contribution in [0.15, 0.2) is 22.7 Å². The van der Waals surface area contributed by atoms with Gasteiger partial charge < -0.3 is 5.11 Å². The molecule has 2 nitrogen and oxygen atoms in total. The minimum atomic E-state index is 0.402. The van der Waals surface area contributed by atoms with Crippen LogP contribution < -0.4 is 0 Å². The number of nitrogens with zero attached hydrogens (tertiary/aromatic N) is 1. The third-order valence-electron chi connectivity index (χ3n) is 3.92. The molecule has 1 aromatic rings. The van der Waals surface area contributed by atoms with Crippen LogP contribution >= 0.6 is 15.9 Å². The van der Waals surface area contributed by atoms with E-state index in [4.69, 9.17) is 0 Å². The number of benzene rings is 1. The number of hydrogen-bond donors (Lipinski definition) is 1. The average Bonchev–Trinajstić information content (AvgIpc) is 2.39. The Morgan fingerprint density at radius 2 is 2.00 bits per heavy atom. The molecule has 0 atom stereocenters. The standard InChI is InChI=1S/C15H22BrNO/c1-2-17(14-6-4-3-5-7-14)11-12-8-9-13(16)10-15(12)18/h8-10,14,18H,2-7,11H2,1H3. The Labute approximate surface area is 118 Å². The molecular weight excluding hydrogens is 290 g/mol. The summed E-state index contributed by atoms with van der Waals surface area (Å²) in [6.45, 7) is 4.13. The van der Waals surface area contributed by atoms with Crippen LogP contribution in [0.3, 0.4) is 0 Å². The predicted molar refractivity (Wildman–Crippen MR) is 78.8 cm³/mol. The van der Waals surface area contributed by atoms with Crippen LogP contribution in [-0.4, -0.2) is 22.6 Å². The topological polar surface area (TPSA) is 23.5 Å². The summed E-state index contributed by atoms with van der Waals surface area (Å²) in [6.07, 6.45) is 6.72. The number of rotatable bonds is 4. The Morgan fingerprint density at radius 1 is 1.28 bits per heavy atom. The quantitative estimate of drug-likeness (QED) is 0.895. The van der Waals surface area contributed by atoms with Gasteiger partial charge in [-0.1, -0.05) is 48.2 Å². The zero-order chi connectivity index (χ0) is 13.0. The van der Waals surface area contributed by atoms with Gasteiger partial charge in [-0.2, -0.15) is 0 Å². The monoisotopic (exact) mass is 311 g/mol. The third kappa shape index (κ3) is 3.48. The second-order valence-electron chi connectivity index (χ2n) is 5.13. The fraction of sp³-hybridized carbons (Fsp3) is 0.600. The Kier molecular flexibility index (Phi) is 5.07. The number of hydrogen-bond acceptors (Lipinski definition) is 2. The maximum Gasteiger partial charge on any atom is 0.121 e. The molecule has 0 unspecified atom stereocenters. The Bertz CT molecular complexity index is 388. The first-order chi connectivity index (χ1) is 8.70. The molecule has 1 aromatic carbocycles. The van der Waals surface area contributed by atoms with Gasteiger partial charge in [-0.05, 0) is 31.5 Å². The number of phenolic OH excluding ortho intramolecular Hbond substituents is 1. The van der Waals surface area contributed by atoms with E-state index in [9.17, 15) is 5.11 Å². The summed E-state index contributed by atoms with van der Waals surface area (Å²) in [5.41, 5.74) is 1.03. The van der Waals surface area contributed by atoms with E-state index < -0.39 is 0 Å². The van der Waals surface area contributed by atoms with Crippen molar-refractivity contribution in [3.05, 3.63) is 28.2 Å². The lowest BCUT2D eigenvalue weighted by molar-refractivity contribution is 0.154. The van der Waals surface area contributed by atoms with Crippen molar-refractivity contribution in [3.63, 3.8) is 0 Å². The van der Waals surface area contributed by atoms with E-state index in [2.05, 4.69) is 27.8 Å². The average molecular weight is 312 g/mol. The summed E-state index contributed by atoms with van der Waals surface area (Å²) in [4.78, 5) is 2.50. The maximum absolute atomic E-state index is 9.98. The van der Waals surface area contributed by atoms with Gasteiger partial charge in [0, 0.05) is 22.6 Å². The molecule has 1 aliphatic carbocycles. The first-order valence-corrected chi connectivity index (χ1v) is 7.71. The van der Waals surface area contributed by atoms with Gasteiger partial charge in [0.15, 0.2) is 0 Å². The van der Waals surface area contributed by atoms with Crippen LogP contribution in [0.2, 0.25) is 0 Å². The van der Waals surface area contributed by atoms with Crippen LogP contribution in [0.4, 0.5) is 0 Å². The first kappa shape index (κ1) is 13.9. The van der Waals surface area contributed by atoms with Gasteiger partial charge in [-0.25, -0.2) is 0 Å². The number of halogens is 1. The van der Waals surface area contributed by atoms with E-state index in [1.165, 1.54) is 32.1 Å². The number of phenols is 1. The highest BCUT2D eigenvalue weighted by molar-refractivity contribution is 9.10. The fourth-order valence-corrected chi connectivity index (χ4v) is 3.18. The zero-order valence-electron chi connectivity index (χ0n) is 11.0. The van der Waals surface area contributed by atoms with Crippen molar-refractivity contribution in [1.29, 1.82) is 0 Å². The van der Waals surface area contributed by atoms with Crippen molar-refractivity contribution >= 4 is 15.9 Å². The highest BCUT2D eigenvalue weighted by Gasteiger charge is 2.20. The van der Waals surface area contributed by atoms with Crippen LogP contribution in [0.5, 0.6) is 5.75 Å². The first-order valence-electron chi connectivity index (χ1n) is 6.92. The van der Waals surface area contributed by atoms with Crippen molar-refractivity contribution in [2.45, 2.75) is 51.6 Å². The van der Waals surface area contributed by atoms with Gasteiger partial charge in [0.05, 0.1) is 0 Å². The van der Waals surface area contributed by atoms with Crippen LogP contribution in [-0.2, 0) is 6.54 Å². The van der Waals surface area contributed by atoms with Crippen molar-refractivity contribution in [2.24, 2.45) is 0 Å². The second-order valence-corrected chi connectivity index (χ2v) is 6.04. The molecule has 1 N–H and O–H groups in total. The Hall–Kier alpha value is -0.540. The van der Waals surface area contributed by atoms with Gasteiger partial charge in [0.1, 0.15) is 5.75 Å². The summed E-state index contributed by atoms with van der Waals surface area (Å²) in [7, 11) is 0. The highest BCUT2D eigenvalue weighted by atomic mass is 79.9. The van der Waals surface area contributed by atoms with Crippen LogP contribution in [0.25, 0.3) is 0 Å². The largest absolute Gasteiger partial charge is 0.508 e. The Morgan fingerprint density at radius 3 is 2.61 bits per heavy atom. The highest BCUT2D eigenvalue weighted by Crippen LogP contribution is 2.27. The molecule has 0 aromatic heterocycles. The summed E-state index contributed by atoms with van der Waals surface area (Å²) in [5.74, 6) is 0.402. The molecule has 0 spiro atoms. The molecule has 2 rings (SSSR count). The lowest BCUT2D eigenvalue weighted by Gasteiger charge is -2.33. The summed E-state index contributed by atoms with van der Waals surface area (Å²) >= 11 is 3.38. The van der Waals surface area contributed by atoms with E-state index in [-0.39, 0.29) is 0 Å². The molecule has 0 heterocycles. The predicted octanol–water partition coefficient (Wildman–Crippen LogP) is 4.31. The van der Waals surface area contributed by atoms with Crippen LogP contribution in [0.1, 0.15) is 44.6 Å². The van der Waals surface area contributed by atoms with Crippen LogP contribution in [0, 0.1) is 0 Å². The normalized spacial score (nSPS) is 17.3. The van der Waals surface area contributed by atoms with Crippen molar-refractivity contribution in [2.75, 3.05) is 6.54 Å². The number of aromatic hydroxyl groups is 1. The van der Waals surface area contributed by atoms with E-state index in [1.54, 1.807) is 6.07 Å². The smallest absolute Gasteiger partial charge is 0.121 e. The molecule has 1 aliphatic rings. The summed E-state index contributed by atoms with van der Waals surface area (Å²) < 4.78 is 0.935. The van der Waals surface area contributed by atoms with E-state index >= 15 is 0 Å². The van der Waals surface area contributed by atoms with E-state index in [0.29, 0.717) is 11.8 Å². The molecule has 0 saturated heterocycles. The summed E-state index contributed by atoms with van der Waals surface area (Å²) in [5, 5.41) is 9.98. The SMILES string of the molecule is CCN(Cc1ccc(Br)cc1O)C1CCCCC1. The maximum atomic E-state index is 9.98. The molecule has 1 saturated carbocycles. The minimum Gasteiger partial charge on any atom is -0.508 e. The lowest BCUT2D eigenvalue weighted by Crippen LogP contribution is -2.36. The van der Waals surface area contributed by atoms with E-state index in [1.807, 2.05) is 12.1 Å². The van der Waals surface area contributed by atoms with E-state index in [0.717, 1.165) is 23.1 Å². The second kappa shape index (κ2) is 6.58. The third-order valence-corrected chi connectivity index (χ3v) is 4.41. The van der Waals surface area contributed by atoms with Crippen molar-refractivity contribution in [3.8, 4) is 5.75 Å². The molecule has 100 valence electrons. The lowest BCUT2D eigenvalue weighted by atomic mass is 9.94. The van der Waals surface area contributed by atoms with Gasteiger partial charge in [-0.15, -0.1) is 0 Å². The molecule has 18 heavy (non-hydrogen) atoms. The molecular formula is C15H22BrNO. The molecule has 0 aliphatic heterocycles. The zero-order valence-corrected chi connectivity index (χ0v) is 12.6. The molecule has 0 radical (unpaired) electrons. The van der Waals surface area contributed by atoms with Gasteiger partial charge in [0.25, 0.3) is 0 Å². The summed E-state index contributed by atoms with van der Waals surface area (Å²) in [6, 6.07) is 6.51. The molecule has 0 bridgehead atoms. The minimum absolute atomic E-state index is 0.402. The molecule has 3 heteroatoms. The van der Waals surface area contributed by atoms with Gasteiger partial charge in [0.2, 0.25) is 0 Å². The van der Waals surface area contributed by atoms with Gasteiger partial charge >= 0.3 is 0 Å². The fourth-order valence-electron chi connectivity index (χ4n) is 2.83. The van der Waals surface area contributed by atoms with Crippen molar-refractivity contribution < 1.29 is 5.11 Å². The molecule has 0 amide bonds. The van der Waals surface area contributed by atoms with Crippen molar-refractivity contribution in [1.82, 2.24) is 4.90 Å². The Balaban J connectivity index is 2.04. The van der Waals surface area contributed by atoms with Gasteiger partial charge in [-0.3, -0.25) is 4.90 Å².